The third kappa shape index (κ3) is 9.21. The van der Waals surface area contributed by atoms with E-state index in [0.717, 1.165) is 155 Å². The maximum absolute atomic E-state index is 6.72. The molecule has 0 amide bonds. The SMILES string of the molecule is c1ccc(-c2nc(-c3ccccc3)nc(-c3ccc4c(c3)oc3cc(-n5c6cccc7c8ccccc8c8cccc9oc%10ccc5c(c%10c98)c76)ccc34)n2)cc1.c1ccc(-c2nc(-c3ccccc3)nc(-c3ccc4c(c3)oc3ccc(-n5c6cccc7c8ccccc8c8cccc9oc%10ccc5c(c%10c98)c76)cc34)n2)cc1. The highest BCUT2D eigenvalue weighted by atomic mass is 16.3. The molecule has 0 radical (unpaired) electrons. The average molecular weight is 1460 g/mol. The molecule has 8 heterocycles. The number of nitrogens with zero attached hydrogens (tertiary/aromatic N) is 8. The highest BCUT2D eigenvalue weighted by molar-refractivity contribution is 6.40. The topological polar surface area (TPSA) is 140 Å². The molecule has 0 unspecified atom stereocenters. The molecule has 0 saturated carbocycles. The van der Waals surface area contributed by atoms with Crippen LogP contribution in [0.25, 0.3) is 254 Å². The molecule has 18 aromatic carbocycles. The second kappa shape index (κ2) is 23.9. The Balaban J connectivity index is 0.000000129. The summed E-state index contributed by atoms with van der Waals surface area (Å²) < 4.78 is 31.2. The van der Waals surface area contributed by atoms with E-state index in [1.807, 2.05) is 133 Å². The van der Waals surface area contributed by atoms with Crippen molar-refractivity contribution in [1.82, 2.24) is 39.0 Å². The molecule has 0 aliphatic carbocycles. The smallest absolute Gasteiger partial charge is 0.164 e. The van der Waals surface area contributed by atoms with E-state index in [1.54, 1.807) is 0 Å². The number of aromatic nitrogens is 8. The Morgan fingerprint density at radius 2 is 0.456 bits per heavy atom. The van der Waals surface area contributed by atoms with Crippen LogP contribution in [-0.2, 0) is 0 Å². The second-order valence-electron chi connectivity index (χ2n) is 29.5. The molecule has 114 heavy (non-hydrogen) atoms. The normalized spacial score (nSPS) is 12.2. The van der Waals surface area contributed by atoms with Crippen LogP contribution < -0.4 is 0 Å². The molecule has 528 valence electrons. The monoisotopic (exact) mass is 1460 g/mol. The van der Waals surface area contributed by atoms with Gasteiger partial charge in [-0.1, -0.05) is 231 Å². The standard InChI is InChI=1S/2C51H28N4O2/c1-3-11-29(12-4-1)49-52-50(30-13-5-2-6-14-30)54-51(53-49)31-21-23-35-38-28-32(22-25-41(38)56-44(35)27-31)55-39-19-9-17-36-33-15-7-8-16-34(33)37-18-10-20-42-46(37)48-43(57-42)26-24-40(55)47(48)45(36)39;1-3-11-29(12-4-1)49-52-50(30-13-5-2-6-14-30)54-51(53-49)31-21-23-35-36-24-22-32(28-44(36)57-43(35)27-31)55-39-19-9-17-37-33-15-7-8-16-34(33)38-18-10-20-41-46(38)48-42(56-41)26-25-40(55)47(48)45(37)39/h2*1-28H. The van der Waals surface area contributed by atoms with Gasteiger partial charge in [0.2, 0.25) is 0 Å². The van der Waals surface area contributed by atoms with Crippen LogP contribution in [0.5, 0.6) is 0 Å². The van der Waals surface area contributed by atoms with Gasteiger partial charge in [0.25, 0.3) is 0 Å². The number of hydrogen-bond donors (Lipinski definition) is 0. The average Bonchev–Trinajstić information content (AvgIpc) is 1.53. The van der Waals surface area contributed by atoms with E-state index in [0.29, 0.717) is 34.9 Å². The Morgan fingerprint density at radius 3 is 0.886 bits per heavy atom. The Morgan fingerprint density at radius 1 is 0.158 bits per heavy atom. The van der Waals surface area contributed by atoms with Gasteiger partial charge in [-0.3, -0.25) is 0 Å². The quantitative estimate of drug-likeness (QED) is 0.144. The molecular weight excluding hydrogens is 1400 g/mol. The van der Waals surface area contributed by atoms with Crippen molar-refractivity contribution >= 4 is 174 Å². The summed E-state index contributed by atoms with van der Waals surface area (Å²) in [5.74, 6) is 3.68. The van der Waals surface area contributed by atoms with Crippen LogP contribution in [-0.4, -0.2) is 39.0 Å². The molecule has 26 rings (SSSR count). The van der Waals surface area contributed by atoms with Crippen LogP contribution in [0, 0.1) is 0 Å². The van der Waals surface area contributed by atoms with Gasteiger partial charge in [0.1, 0.15) is 44.7 Å². The minimum absolute atomic E-state index is 0.590. The maximum Gasteiger partial charge on any atom is 0.164 e. The first-order chi connectivity index (χ1) is 56.5. The third-order valence-electron chi connectivity index (χ3n) is 23.2. The lowest BCUT2D eigenvalue weighted by Crippen LogP contribution is -2.00. The molecule has 0 bridgehead atoms. The summed E-state index contributed by atoms with van der Waals surface area (Å²) in [6.07, 6.45) is 0. The van der Waals surface area contributed by atoms with E-state index in [-0.39, 0.29) is 0 Å². The van der Waals surface area contributed by atoms with E-state index in [2.05, 4.69) is 215 Å². The van der Waals surface area contributed by atoms with Crippen molar-refractivity contribution in [3.8, 4) is 79.7 Å². The van der Waals surface area contributed by atoms with Gasteiger partial charge in [-0.15, -0.1) is 0 Å². The molecule has 0 saturated heterocycles. The van der Waals surface area contributed by atoms with Gasteiger partial charge in [0, 0.05) is 115 Å². The van der Waals surface area contributed by atoms with Crippen LogP contribution in [0.4, 0.5) is 0 Å². The van der Waals surface area contributed by atoms with Gasteiger partial charge in [-0.2, -0.15) is 0 Å². The summed E-state index contributed by atoms with van der Waals surface area (Å²) in [6.45, 7) is 0. The zero-order chi connectivity index (χ0) is 74.4. The molecule has 0 N–H and O–H groups in total. The highest BCUT2D eigenvalue weighted by Gasteiger charge is 2.27. The zero-order valence-corrected chi connectivity index (χ0v) is 60.5. The summed E-state index contributed by atoms with van der Waals surface area (Å²) in [4.78, 5) is 29.6. The zero-order valence-electron chi connectivity index (χ0n) is 60.5. The summed E-state index contributed by atoms with van der Waals surface area (Å²) in [7, 11) is 0. The third-order valence-corrected chi connectivity index (χ3v) is 23.2. The van der Waals surface area contributed by atoms with Crippen LogP contribution >= 0.6 is 0 Å². The lowest BCUT2D eigenvalue weighted by atomic mass is 9.95. The minimum atomic E-state index is 0.590. The molecule has 12 nitrogen and oxygen atoms in total. The fourth-order valence-corrected chi connectivity index (χ4v) is 18.2. The van der Waals surface area contributed by atoms with E-state index in [9.17, 15) is 0 Å². The van der Waals surface area contributed by atoms with Crippen molar-refractivity contribution in [3.63, 3.8) is 0 Å². The molecular formula is C102H56N8O4. The largest absolute Gasteiger partial charge is 0.456 e. The number of benzene rings is 16. The van der Waals surface area contributed by atoms with Gasteiger partial charge in [-0.25, -0.2) is 29.9 Å². The fraction of sp³-hybridized carbons (Fsp3) is 0. The van der Waals surface area contributed by atoms with Crippen LogP contribution in [0.2, 0.25) is 0 Å². The molecule has 26 aromatic rings. The van der Waals surface area contributed by atoms with E-state index < -0.39 is 0 Å². The van der Waals surface area contributed by atoms with E-state index >= 15 is 0 Å². The molecule has 0 aliphatic heterocycles. The first-order valence-electron chi connectivity index (χ1n) is 38.2. The van der Waals surface area contributed by atoms with Crippen molar-refractivity contribution in [2.75, 3.05) is 0 Å². The van der Waals surface area contributed by atoms with Crippen LogP contribution in [0.3, 0.4) is 0 Å². The Hall–Kier alpha value is -15.7. The number of fused-ring (bicyclic) bond motifs is 12. The first-order valence-corrected chi connectivity index (χ1v) is 38.2. The Labute approximate surface area is 646 Å². The van der Waals surface area contributed by atoms with Gasteiger partial charge < -0.3 is 26.8 Å². The number of furan rings is 4. The van der Waals surface area contributed by atoms with E-state index in [4.69, 9.17) is 47.6 Å². The fourth-order valence-electron chi connectivity index (χ4n) is 18.2. The van der Waals surface area contributed by atoms with Crippen molar-refractivity contribution in [3.05, 3.63) is 340 Å². The molecule has 0 fully saturated rings. The lowest BCUT2D eigenvalue weighted by Gasteiger charge is -2.08. The van der Waals surface area contributed by atoms with Gasteiger partial charge >= 0.3 is 0 Å². The number of rotatable bonds is 8. The lowest BCUT2D eigenvalue weighted by molar-refractivity contribution is 0.668. The summed E-state index contributed by atoms with van der Waals surface area (Å²) >= 11 is 0. The predicted octanol–water partition coefficient (Wildman–Crippen LogP) is 27.0. The van der Waals surface area contributed by atoms with Gasteiger partial charge in [0.15, 0.2) is 34.9 Å². The van der Waals surface area contributed by atoms with Crippen molar-refractivity contribution < 1.29 is 17.7 Å². The first kappa shape index (κ1) is 62.3. The second-order valence-corrected chi connectivity index (χ2v) is 29.5. The maximum atomic E-state index is 6.72. The van der Waals surface area contributed by atoms with Gasteiger partial charge in [0.05, 0.1) is 22.1 Å². The van der Waals surface area contributed by atoms with Crippen molar-refractivity contribution in [2.45, 2.75) is 0 Å². The van der Waals surface area contributed by atoms with Crippen LogP contribution in [0.15, 0.2) is 357 Å². The van der Waals surface area contributed by atoms with Crippen LogP contribution in [0.1, 0.15) is 0 Å². The molecule has 8 aromatic heterocycles. The van der Waals surface area contributed by atoms with E-state index in [1.165, 1.54) is 64.6 Å². The van der Waals surface area contributed by atoms with Crippen molar-refractivity contribution in [2.24, 2.45) is 0 Å². The molecule has 0 atom stereocenters. The Bertz CT molecular complexity index is 8240. The number of hydrogen-bond acceptors (Lipinski definition) is 10. The Kier molecular flexibility index (Phi) is 13.1. The summed E-state index contributed by atoms with van der Waals surface area (Å²) in [6, 6.07) is 118. The van der Waals surface area contributed by atoms with Crippen molar-refractivity contribution in [1.29, 1.82) is 0 Å². The predicted molar refractivity (Wildman–Crippen MR) is 462 cm³/mol. The van der Waals surface area contributed by atoms with Gasteiger partial charge in [-0.05, 0) is 146 Å². The molecule has 12 heteroatoms. The molecule has 0 spiro atoms. The minimum Gasteiger partial charge on any atom is -0.456 e. The summed E-state index contributed by atoms with van der Waals surface area (Å²) in [5.41, 5.74) is 18.8. The highest BCUT2D eigenvalue weighted by Crippen LogP contribution is 2.51. The summed E-state index contributed by atoms with van der Waals surface area (Å²) in [5, 5.41) is 23.3. The molecule has 0 aliphatic rings.